The molecule has 0 fully saturated rings. The Labute approximate surface area is 143 Å². The number of carbonyl (C=O) groups is 1. The van der Waals surface area contributed by atoms with E-state index in [0.29, 0.717) is 11.6 Å². The van der Waals surface area contributed by atoms with Crippen LogP contribution in [0.3, 0.4) is 0 Å². The number of aromatic nitrogens is 2. The highest BCUT2D eigenvalue weighted by Gasteiger charge is 2.17. The molecule has 0 aliphatic heterocycles. The molecule has 0 bridgehead atoms. The van der Waals surface area contributed by atoms with E-state index in [2.05, 4.69) is 40.2 Å². The summed E-state index contributed by atoms with van der Waals surface area (Å²) in [6, 6.07) is 15.3. The van der Waals surface area contributed by atoms with Gasteiger partial charge in [0.1, 0.15) is 0 Å². The van der Waals surface area contributed by atoms with Crippen LogP contribution in [0.25, 0.3) is 10.9 Å². The minimum atomic E-state index is -0.189. The summed E-state index contributed by atoms with van der Waals surface area (Å²) < 4.78 is 2.89. The van der Waals surface area contributed by atoms with E-state index in [0.717, 1.165) is 27.6 Å². The first-order valence-electron chi connectivity index (χ1n) is 7.57. The first-order chi connectivity index (χ1) is 11.0. The van der Waals surface area contributed by atoms with Crippen molar-refractivity contribution in [2.24, 2.45) is 5.92 Å². The predicted molar refractivity (Wildman–Crippen MR) is 96.7 cm³/mol. The van der Waals surface area contributed by atoms with Gasteiger partial charge in [-0.15, -0.1) is 0 Å². The molecule has 23 heavy (non-hydrogen) atoms. The van der Waals surface area contributed by atoms with Crippen molar-refractivity contribution in [1.82, 2.24) is 9.78 Å². The molecule has 3 rings (SSSR count). The number of benzene rings is 2. The first-order valence-corrected chi connectivity index (χ1v) is 8.36. The van der Waals surface area contributed by atoms with Gasteiger partial charge in [0.25, 0.3) is 5.91 Å². The third-order valence-electron chi connectivity index (χ3n) is 3.51. The van der Waals surface area contributed by atoms with Crippen LogP contribution in [-0.2, 0) is 6.54 Å². The minimum absolute atomic E-state index is 0.189. The monoisotopic (exact) mass is 371 g/mol. The minimum Gasteiger partial charge on any atom is -0.321 e. The van der Waals surface area contributed by atoms with Crippen LogP contribution in [0.2, 0.25) is 0 Å². The molecule has 2 aromatic carbocycles. The van der Waals surface area contributed by atoms with Crippen LogP contribution < -0.4 is 5.32 Å². The predicted octanol–water partition coefficient (Wildman–Crippen LogP) is 4.71. The number of amides is 1. The van der Waals surface area contributed by atoms with Crippen LogP contribution in [0.1, 0.15) is 24.3 Å². The Kier molecular flexibility index (Phi) is 4.48. The maximum atomic E-state index is 12.6. The summed E-state index contributed by atoms with van der Waals surface area (Å²) in [7, 11) is 0. The average Bonchev–Trinajstić information content (AvgIpc) is 2.88. The number of fused-ring (bicyclic) bond motifs is 1. The van der Waals surface area contributed by atoms with E-state index in [4.69, 9.17) is 0 Å². The molecule has 0 spiro atoms. The fraction of sp³-hybridized carbons (Fsp3) is 0.222. The lowest BCUT2D eigenvalue weighted by Crippen LogP contribution is -2.14. The molecular formula is C18H18BrN3O. The van der Waals surface area contributed by atoms with Crippen molar-refractivity contribution in [1.29, 1.82) is 0 Å². The van der Waals surface area contributed by atoms with E-state index >= 15 is 0 Å². The van der Waals surface area contributed by atoms with Gasteiger partial charge < -0.3 is 5.32 Å². The summed E-state index contributed by atoms with van der Waals surface area (Å²) in [4.78, 5) is 12.6. The second-order valence-electron chi connectivity index (χ2n) is 5.90. The van der Waals surface area contributed by atoms with Gasteiger partial charge in [0.2, 0.25) is 0 Å². The number of rotatable bonds is 4. The van der Waals surface area contributed by atoms with Gasteiger partial charge in [0.05, 0.1) is 5.52 Å². The molecule has 1 heterocycles. The largest absolute Gasteiger partial charge is 0.321 e. The zero-order chi connectivity index (χ0) is 16.4. The number of halogens is 1. The topological polar surface area (TPSA) is 46.9 Å². The Balaban J connectivity index is 1.95. The van der Waals surface area contributed by atoms with Gasteiger partial charge in [-0.3, -0.25) is 9.48 Å². The fourth-order valence-electron chi connectivity index (χ4n) is 2.50. The van der Waals surface area contributed by atoms with Crippen molar-refractivity contribution in [3.8, 4) is 0 Å². The van der Waals surface area contributed by atoms with Crippen LogP contribution in [0, 0.1) is 5.92 Å². The Morgan fingerprint density at radius 3 is 2.57 bits per heavy atom. The maximum Gasteiger partial charge on any atom is 0.276 e. The molecule has 0 radical (unpaired) electrons. The molecule has 4 nitrogen and oxygen atoms in total. The number of hydrogen-bond donors (Lipinski definition) is 1. The molecule has 5 heteroatoms. The van der Waals surface area contributed by atoms with Crippen molar-refractivity contribution < 1.29 is 4.79 Å². The number of nitrogens with zero attached hydrogens (tertiary/aromatic N) is 2. The van der Waals surface area contributed by atoms with Crippen molar-refractivity contribution >= 4 is 38.4 Å². The number of hydrogen-bond acceptors (Lipinski definition) is 2. The summed E-state index contributed by atoms with van der Waals surface area (Å²) in [6.07, 6.45) is 0. The van der Waals surface area contributed by atoms with E-state index in [1.54, 1.807) is 0 Å². The Bertz CT molecular complexity index is 837. The smallest absolute Gasteiger partial charge is 0.276 e. The molecule has 0 aliphatic carbocycles. The number of para-hydroxylation sites is 1. The SMILES string of the molecule is CC(C)Cn1nc(C(=O)Nc2ccc(Br)cc2)c2ccccc21. The molecule has 1 N–H and O–H groups in total. The zero-order valence-electron chi connectivity index (χ0n) is 13.1. The van der Waals surface area contributed by atoms with Crippen LogP contribution in [0.15, 0.2) is 53.0 Å². The van der Waals surface area contributed by atoms with Crippen LogP contribution in [0.5, 0.6) is 0 Å². The standard InChI is InChI=1S/C18H18BrN3O/c1-12(2)11-22-16-6-4-3-5-15(16)17(21-22)18(23)20-14-9-7-13(19)8-10-14/h3-10,12H,11H2,1-2H3,(H,20,23). The van der Waals surface area contributed by atoms with E-state index in [1.165, 1.54) is 0 Å². The Hall–Kier alpha value is -2.14. The molecule has 0 saturated heterocycles. The van der Waals surface area contributed by atoms with Gasteiger partial charge in [-0.1, -0.05) is 48.0 Å². The van der Waals surface area contributed by atoms with Gasteiger partial charge in [-0.05, 0) is 36.2 Å². The first kappa shape index (κ1) is 15.7. The second kappa shape index (κ2) is 6.54. The van der Waals surface area contributed by atoms with Crippen molar-refractivity contribution in [3.05, 3.63) is 58.7 Å². The van der Waals surface area contributed by atoms with E-state index in [-0.39, 0.29) is 5.91 Å². The van der Waals surface area contributed by atoms with Gasteiger partial charge in [-0.25, -0.2) is 0 Å². The number of nitrogens with one attached hydrogen (secondary N) is 1. The lowest BCUT2D eigenvalue weighted by molar-refractivity contribution is 0.102. The highest BCUT2D eigenvalue weighted by Crippen LogP contribution is 2.21. The summed E-state index contributed by atoms with van der Waals surface area (Å²) in [5, 5.41) is 8.32. The summed E-state index contributed by atoms with van der Waals surface area (Å²) in [5.74, 6) is 0.270. The van der Waals surface area contributed by atoms with Crippen molar-refractivity contribution in [3.63, 3.8) is 0 Å². The highest BCUT2D eigenvalue weighted by molar-refractivity contribution is 9.10. The molecule has 0 aliphatic rings. The lowest BCUT2D eigenvalue weighted by atomic mass is 10.2. The van der Waals surface area contributed by atoms with Gasteiger partial charge >= 0.3 is 0 Å². The van der Waals surface area contributed by atoms with Gasteiger partial charge in [0.15, 0.2) is 5.69 Å². The average molecular weight is 372 g/mol. The quantitative estimate of drug-likeness (QED) is 0.721. The molecular weight excluding hydrogens is 354 g/mol. The number of anilines is 1. The fourth-order valence-corrected chi connectivity index (χ4v) is 2.77. The molecule has 0 unspecified atom stereocenters. The molecule has 0 saturated carbocycles. The maximum absolute atomic E-state index is 12.6. The van der Waals surface area contributed by atoms with Gasteiger partial charge in [-0.2, -0.15) is 5.10 Å². The van der Waals surface area contributed by atoms with E-state index in [1.807, 2.05) is 53.2 Å². The van der Waals surface area contributed by atoms with Gasteiger partial charge in [0, 0.05) is 22.1 Å². The van der Waals surface area contributed by atoms with E-state index in [9.17, 15) is 4.79 Å². The molecule has 0 atom stereocenters. The summed E-state index contributed by atoms with van der Waals surface area (Å²) in [5.41, 5.74) is 2.20. The summed E-state index contributed by atoms with van der Waals surface area (Å²) >= 11 is 3.39. The second-order valence-corrected chi connectivity index (χ2v) is 6.82. The number of carbonyl (C=O) groups excluding carboxylic acids is 1. The van der Waals surface area contributed by atoms with Crippen molar-refractivity contribution in [2.75, 3.05) is 5.32 Å². The van der Waals surface area contributed by atoms with Crippen LogP contribution >= 0.6 is 15.9 Å². The third-order valence-corrected chi connectivity index (χ3v) is 4.04. The van der Waals surface area contributed by atoms with Crippen LogP contribution in [0.4, 0.5) is 5.69 Å². The van der Waals surface area contributed by atoms with Crippen LogP contribution in [-0.4, -0.2) is 15.7 Å². The normalized spacial score (nSPS) is 11.1. The Morgan fingerprint density at radius 1 is 1.17 bits per heavy atom. The molecule has 118 valence electrons. The van der Waals surface area contributed by atoms with E-state index < -0.39 is 0 Å². The zero-order valence-corrected chi connectivity index (χ0v) is 14.7. The lowest BCUT2D eigenvalue weighted by Gasteiger charge is -2.06. The third kappa shape index (κ3) is 3.45. The molecule has 1 aromatic heterocycles. The molecule has 3 aromatic rings. The van der Waals surface area contributed by atoms with Crippen molar-refractivity contribution in [2.45, 2.75) is 20.4 Å². The Morgan fingerprint density at radius 2 is 1.87 bits per heavy atom. The molecule has 1 amide bonds. The summed E-state index contributed by atoms with van der Waals surface area (Å²) in [6.45, 7) is 5.06. The highest BCUT2D eigenvalue weighted by atomic mass is 79.9.